The second-order valence-corrected chi connectivity index (χ2v) is 9.13. The third-order valence-electron chi connectivity index (χ3n) is 4.48. The lowest BCUT2D eigenvalue weighted by atomic mass is 10.2. The Morgan fingerprint density at radius 1 is 0.971 bits per heavy atom. The number of rotatable bonds is 9. The van der Waals surface area contributed by atoms with Crippen molar-refractivity contribution in [2.75, 3.05) is 23.3 Å². The highest BCUT2D eigenvalue weighted by molar-refractivity contribution is 7.92. The Bertz CT molecular complexity index is 1320. The van der Waals surface area contributed by atoms with Crippen LogP contribution in [0.5, 0.6) is 11.5 Å². The summed E-state index contributed by atoms with van der Waals surface area (Å²) in [5.74, 6) is 0.0262. The molecule has 0 aromatic heterocycles. The molecule has 3 rings (SSSR count). The van der Waals surface area contributed by atoms with Gasteiger partial charge >= 0.3 is 6.18 Å². The molecule has 186 valence electrons. The summed E-state index contributed by atoms with van der Waals surface area (Å²) in [4.78, 5) is 12.0. The van der Waals surface area contributed by atoms with Gasteiger partial charge in [0, 0.05) is 5.69 Å². The van der Waals surface area contributed by atoms with Crippen molar-refractivity contribution in [2.24, 2.45) is 0 Å². The van der Waals surface area contributed by atoms with Gasteiger partial charge in [0.25, 0.3) is 15.9 Å². The molecule has 12 heteroatoms. The van der Waals surface area contributed by atoms with Crippen molar-refractivity contribution >= 4 is 38.9 Å². The van der Waals surface area contributed by atoms with Crippen LogP contribution in [-0.2, 0) is 21.0 Å². The summed E-state index contributed by atoms with van der Waals surface area (Å²) in [6, 6.07) is 14.1. The zero-order valence-corrected chi connectivity index (χ0v) is 19.8. The lowest BCUT2D eigenvalue weighted by Crippen LogP contribution is -2.20. The largest absolute Gasteiger partial charge is 0.492 e. The molecule has 2 N–H and O–H groups in total. The van der Waals surface area contributed by atoms with Crippen LogP contribution in [0.3, 0.4) is 0 Å². The summed E-state index contributed by atoms with van der Waals surface area (Å²) >= 11 is 6.12. The summed E-state index contributed by atoms with van der Waals surface area (Å²) in [6.07, 6.45) is -4.62. The van der Waals surface area contributed by atoms with Crippen molar-refractivity contribution in [1.29, 1.82) is 0 Å². The zero-order chi connectivity index (χ0) is 25.6. The number of alkyl halides is 3. The molecule has 3 aromatic rings. The van der Waals surface area contributed by atoms with Gasteiger partial charge in [0.15, 0.2) is 6.61 Å². The minimum atomic E-state index is -4.62. The summed E-state index contributed by atoms with van der Waals surface area (Å²) in [7, 11) is -4.25. The first-order valence-electron chi connectivity index (χ1n) is 10.1. The Hall–Kier alpha value is -3.44. The lowest BCUT2D eigenvalue weighted by molar-refractivity contribution is -0.137. The molecule has 0 heterocycles. The van der Waals surface area contributed by atoms with Gasteiger partial charge in [0.05, 0.1) is 27.8 Å². The average molecular weight is 529 g/mol. The molecule has 7 nitrogen and oxygen atoms in total. The van der Waals surface area contributed by atoms with Crippen LogP contribution in [0.15, 0.2) is 71.6 Å². The van der Waals surface area contributed by atoms with Gasteiger partial charge in [-0.25, -0.2) is 8.42 Å². The number of anilines is 2. The number of hydrogen-bond acceptors (Lipinski definition) is 5. The Kier molecular flexibility index (Phi) is 8.13. The number of para-hydroxylation sites is 2. The molecule has 0 aliphatic carbocycles. The lowest BCUT2D eigenvalue weighted by Gasteiger charge is -2.13. The quantitative estimate of drug-likeness (QED) is 0.378. The second-order valence-electron chi connectivity index (χ2n) is 7.04. The summed E-state index contributed by atoms with van der Waals surface area (Å²) < 4.78 is 76.8. The van der Waals surface area contributed by atoms with Crippen LogP contribution in [0.2, 0.25) is 5.02 Å². The van der Waals surface area contributed by atoms with Crippen molar-refractivity contribution < 1.29 is 35.9 Å². The van der Waals surface area contributed by atoms with E-state index in [2.05, 4.69) is 10.0 Å². The SMILES string of the molecule is CCOc1ccccc1NC(=O)COc1ccc(S(=O)(=O)Nc2cccc(C(F)(F)F)c2)cc1Cl. The third kappa shape index (κ3) is 7.03. The molecule has 0 radical (unpaired) electrons. The molecule has 0 saturated carbocycles. The van der Waals surface area contributed by atoms with Gasteiger partial charge in [-0.15, -0.1) is 0 Å². The van der Waals surface area contributed by atoms with E-state index < -0.39 is 34.3 Å². The van der Waals surface area contributed by atoms with Crippen molar-refractivity contribution in [3.8, 4) is 11.5 Å². The van der Waals surface area contributed by atoms with Crippen molar-refractivity contribution in [1.82, 2.24) is 0 Å². The highest BCUT2D eigenvalue weighted by Gasteiger charge is 2.30. The standard InChI is InChI=1S/C23H20ClF3N2O5S/c1-2-33-21-9-4-3-8-19(21)28-22(30)14-34-20-11-10-17(13-18(20)24)35(31,32)29-16-7-5-6-15(12-16)23(25,26)27/h3-13,29H,2,14H2,1H3,(H,28,30). The third-order valence-corrected chi connectivity index (χ3v) is 6.15. The smallest absolute Gasteiger partial charge is 0.416 e. The van der Waals surface area contributed by atoms with Crippen molar-refractivity contribution in [3.05, 3.63) is 77.3 Å². The molecular weight excluding hydrogens is 509 g/mol. The monoisotopic (exact) mass is 528 g/mol. The summed E-state index contributed by atoms with van der Waals surface area (Å²) in [6.45, 7) is 1.80. The van der Waals surface area contributed by atoms with E-state index in [4.69, 9.17) is 21.1 Å². The molecule has 0 bridgehead atoms. The van der Waals surface area contributed by atoms with E-state index in [0.29, 0.717) is 24.1 Å². The fourth-order valence-corrected chi connectivity index (χ4v) is 4.29. The Morgan fingerprint density at radius 3 is 2.40 bits per heavy atom. The molecule has 0 unspecified atom stereocenters. The maximum atomic E-state index is 12.9. The van der Waals surface area contributed by atoms with E-state index in [-0.39, 0.29) is 21.4 Å². The number of sulfonamides is 1. The molecule has 0 aliphatic heterocycles. The second kappa shape index (κ2) is 10.9. The Morgan fingerprint density at radius 2 is 1.71 bits per heavy atom. The predicted molar refractivity (Wildman–Crippen MR) is 125 cm³/mol. The van der Waals surface area contributed by atoms with Crippen molar-refractivity contribution in [2.45, 2.75) is 18.0 Å². The molecule has 0 atom stereocenters. The number of amides is 1. The van der Waals surface area contributed by atoms with Gasteiger partial charge in [-0.05, 0) is 55.5 Å². The van der Waals surface area contributed by atoms with Crippen LogP contribution >= 0.6 is 11.6 Å². The Labute approximate surface area is 204 Å². The molecular formula is C23H20ClF3N2O5S. The van der Waals surface area contributed by atoms with Gasteiger partial charge < -0.3 is 14.8 Å². The van der Waals surface area contributed by atoms with Gasteiger partial charge in [-0.2, -0.15) is 13.2 Å². The predicted octanol–water partition coefficient (Wildman–Crippen LogP) is 5.58. The van der Waals surface area contributed by atoms with Gasteiger partial charge in [-0.1, -0.05) is 29.8 Å². The highest BCUT2D eigenvalue weighted by Crippen LogP contribution is 2.32. The normalized spacial score (nSPS) is 11.6. The number of carbonyl (C=O) groups is 1. The zero-order valence-electron chi connectivity index (χ0n) is 18.2. The fourth-order valence-electron chi connectivity index (χ4n) is 2.92. The minimum Gasteiger partial charge on any atom is -0.492 e. The van der Waals surface area contributed by atoms with E-state index in [1.54, 1.807) is 24.3 Å². The molecule has 0 saturated heterocycles. The minimum absolute atomic E-state index is 0.0397. The first-order valence-corrected chi connectivity index (χ1v) is 12.0. The van der Waals surface area contributed by atoms with E-state index in [1.807, 2.05) is 6.92 Å². The Balaban J connectivity index is 1.67. The maximum Gasteiger partial charge on any atom is 0.416 e. The summed E-state index contributed by atoms with van der Waals surface area (Å²) in [5.41, 5.74) is -0.807. The number of benzene rings is 3. The first kappa shape index (κ1) is 26.2. The summed E-state index contributed by atoms with van der Waals surface area (Å²) in [5, 5.41) is 2.53. The molecule has 1 amide bonds. The molecule has 0 aliphatic rings. The van der Waals surface area contributed by atoms with Crippen LogP contribution < -0.4 is 19.5 Å². The van der Waals surface area contributed by atoms with E-state index in [9.17, 15) is 26.4 Å². The van der Waals surface area contributed by atoms with Gasteiger partial charge in [0.1, 0.15) is 11.5 Å². The van der Waals surface area contributed by atoms with Crippen LogP contribution in [0.4, 0.5) is 24.5 Å². The number of hydrogen-bond donors (Lipinski definition) is 2. The van der Waals surface area contributed by atoms with Gasteiger partial charge in [0.2, 0.25) is 0 Å². The number of ether oxygens (including phenoxy) is 2. The number of halogens is 4. The van der Waals surface area contributed by atoms with E-state index in [0.717, 1.165) is 24.3 Å². The molecule has 3 aromatic carbocycles. The fraction of sp³-hybridized carbons (Fsp3) is 0.174. The average Bonchev–Trinajstić information content (AvgIpc) is 2.79. The van der Waals surface area contributed by atoms with Gasteiger partial charge in [-0.3, -0.25) is 9.52 Å². The first-order chi connectivity index (χ1) is 16.5. The van der Waals surface area contributed by atoms with Crippen LogP contribution in [0.1, 0.15) is 12.5 Å². The molecule has 0 spiro atoms. The maximum absolute atomic E-state index is 12.9. The van der Waals surface area contributed by atoms with Crippen LogP contribution in [0, 0.1) is 0 Å². The topological polar surface area (TPSA) is 93.7 Å². The van der Waals surface area contributed by atoms with E-state index >= 15 is 0 Å². The van der Waals surface area contributed by atoms with Crippen molar-refractivity contribution in [3.63, 3.8) is 0 Å². The van der Waals surface area contributed by atoms with Crippen LogP contribution in [0.25, 0.3) is 0 Å². The van der Waals surface area contributed by atoms with Crippen LogP contribution in [-0.4, -0.2) is 27.5 Å². The molecule has 35 heavy (non-hydrogen) atoms. The van der Waals surface area contributed by atoms with E-state index in [1.165, 1.54) is 12.1 Å². The number of carbonyl (C=O) groups excluding carboxylic acids is 1. The molecule has 0 fully saturated rings. The number of nitrogens with one attached hydrogen (secondary N) is 2. The highest BCUT2D eigenvalue weighted by atomic mass is 35.5.